The smallest absolute Gasteiger partial charge is 0.153 e. The lowest BCUT2D eigenvalue weighted by molar-refractivity contribution is 0.281. The molecule has 2 aromatic carbocycles. The second kappa shape index (κ2) is 6.40. The van der Waals surface area contributed by atoms with Crippen LogP contribution in [0.2, 0.25) is 0 Å². The molecule has 0 saturated heterocycles. The maximum Gasteiger partial charge on any atom is 0.153 e. The highest BCUT2D eigenvalue weighted by Gasteiger charge is 2.19. The van der Waals surface area contributed by atoms with E-state index < -0.39 is 0 Å². The Morgan fingerprint density at radius 3 is 2.52 bits per heavy atom. The molecule has 0 spiro atoms. The predicted molar refractivity (Wildman–Crippen MR) is 92.8 cm³/mol. The van der Waals surface area contributed by atoms with Gasteiger partial charge in [-0.25, -0.2) is 4.99 Å². The molecule has 0 aromatic heterocycles. The average Bonchev–Trinajstić information content (AvgIpc) is 2.56. The van der Waals surface area contributed by atoms with Crippen molar-refractivity contribution in [1.29, 1.82) is 0 Å². The fourth-order valence-corrected chi connectivity index (χ4v) is 2.62. The van der Waals surface area contributed by atoms with E-state index in [1.807, 2.05) is 37.3 Å². The summed E-state index contributed by atoms with van der Waals surface area (Å²) in [5.74, 6) is 1.23. The molecule has 1 aliphatic rings. The molecule has 1 heterocycles. The molecule has 0 bridgehead atoms. The highest BCUT2D eigenvalue weighted by molar-refractivity contribution is 5.89. The fraction of sp³-hybridized carbons (Fsp3) is 0.278. The molecular formula is C18H22N4O. The van der Waals surface area contributed by atoms with Crippen LogP contribution >= 0.6 is 0 Å². The number of hydrogen-bond acceptors (Lipinski definition) is 5. The molecule has 23 heavy (non-hydrogen) atoms. The van der Waals surface area contributed by atoms with Crippen molar-refractivity contribution in [2.45, 2.75) is 32.0 Å². The molecule has 2 aromatic rings. The first-order valence-electron chi connectivity index (χ1n) is 7.75. The molecule has 2 atom stereocenters. The molecule has 1 aliphatic heterocycles. The van der Waals surface area contributed by atoms with Gasteiger partial charge in [0.05, 0.1) is 0 Å². The van der Waals surface area contributed by atoms with Gasteiger partial charge < -0.3 is 21.9 Å². The largest absolute Gasteiger partial charge is 0.481 e. The molecular weight excluding hydrogens is 288 g/mol. The van der Waals surface area contributed by atoms with Crippen molar-refractivity contribution in [2.75, 3.05) is 0 Å². The van der Waals surface area contributed by atoms with Gasteiger partial charge in [-0.05, 0) is 42.2 Å². The molecule has 120 valence electrons. The van der Waals surface area contributed by atoms with Gasteiger partial charge in [-0.1, -0.05) is 30.3 Å². The van der Waals surface area contributed by atoms with Gasteiger partial charge in [0.15, 0.2) is 6.10 Å². The van der Waals surface area contributed by atoms with Crippen LogP contribution in [0.3, 0.4) is 0 Å². The van der Waals surface area contributed by atoms with Crippen molar-refractivity contribution in [1.82, 2.24) is 0 Å². The van der Waals surface area contributed by atoms with Gasteiger partial charge in [0, 0.05) is 12.6 Å². The van der Waals surface area contributed by atoms with E-state index in [0.717, 1.165) is 29.0 Å². The standard InChI is InChI=1S/C18H22N4O/c1-11-18(21)22-16-9-14(6-7-17(16)23-11)15(20)8-12-2-4-13(10-19)5-3-12/h2-7,9,11,15H,8,10,19-20H2,1H3,(H2,21,22). The maximum atomic E-state index is 6.35. The number of fused-ring (bicyclic) bond motifs is 1. The van der Waals surface area contributed by atoms with Crippen molar-refractivity contribution < 1.29 is 4.74 Å². The van der Waals surface area contributed by atoms with E-state index in [4.69, 9.17) is 21.9 Å². The first kappa shape index (κ1) is 15.5. The Labute approximate surface area is 136 Å². The summed E-state index contributed by atoms with van der Waals surface area (Å²) in [6, 6.07) is 14.0. The highest BCUT2D eigenvalue weighted by Crippen LogP contribution is 2.34. The zero-order valence-corrected chi connectivity index (χ0v) is 13.2. The molecule has 0 aliphatic carbocycles. The molecule has 0 amide bonds. The van der Waals surface area contributed by atoms with E-state index >= 15 is 0 Å². The van der Waals surface area contributed by atoms with E-state index in [0.29, 0.717) is 12.4 Å². The molecule has 2 unspecified atom stereocenters. The fourth-order valence-electron chi connectivity index (χ4n) is 2.62. The lowest BCUT2D eigenvalue weighted by Crippen LogP contribution is -2.33. The molecule has 3 rings (SSSR count). The van der Waals surface area contributed by atoms with E-state index in [1.165, 1.54) is 5.56 Å². The summed E-state index contributed by atoms with van der Waals surface area (Å²) < 4.78 is 5.71. The minimum atomic E-state index is -0.192. The lowest BCUT2D eigenvalue weighted by atomic mass is 9.98. The van der Waals surface area contributed by atoms with Crippen LogP contribution in [0.5, 0.6) is 5.75 Å². The Bertz CT molecular complexity index is 724. The van der Waals surface area contributed by atoms with Crippen molar-refractivity contribution in [2.24, 2.45) is 22.2 Å². The summed E-state index contributed by atoms with van der Waals surface area (Å²) >= 11 is 0. The first-order chi connectivity index (χ1) is 11.1. The van der Waals surface area contributed by atoms with Crippen LogP contribution in [0, 0.1) is 0 Å². The van der Waals surface area contributed by atoms with Gasteiger partial charge in [0.25, 0.3) is 0 Å². The number of hydrogen-bond donors (Lipinski definition) is 3. The molecule has 0 radical (unpaired) electrons. The van der Waals surface area contributed by atoms with Gasteiger partial charge in [0.2, 0.25) is 0 Å². The predicted octanol–water partition coefficient (Wildman–Crippen LogP) is 2.16. The van der Waals surface area contributed by atoms with Gasteiger partial charge >= 0.3 is 0 Å². The minimum Gasteiger partial charge on any atom is -0.481 e. The van der Waals surface area contributed by atoms with Gasteiger partial charge in [-0.2, -0.15) is 0 Å². The number of aliphatic imine (C=N–C) groups is 1. The Morgan fingerprint density at radius 1 is 1.13 bits per heavy atom. The van der Waals surface area contributed by atoms with Crippen LogP contribution in [0.25, 0.3) is 0 Å². The Kier molecular flexibility index (Phi) is 4.32. The summed E-state index contributed by atoms with van der Waals surface area (Å²) in [6.07, 6.45) is 0.559. The summed E-state index contributed by atoms with van der Waals surface area (Å²) in [6.45, 7) is 2.43. The van der Waals surface area contributed by atoms with Gasteiger partial charge in [-0.3, -0.25) is 0 Å². The van der Waals surface area contributed by atoms with E-state index in [2.05, 4.69) is 17.1 Å². The summed E-state index contributed by atoms with van der Waals surface area (Å²) in [7, 11) is 0. The zero-order chi connectivity index (χ0) is 16.4. The second-order valence-corrected chi connectivity index (χ2v) is 5.86. The van der Waals surface area contributed by atoms with Crippen molar-refractivity contribution in [3.8, 4) is 5.75 Å². The number of nitrogens with zero attached hydrogens (tertiary/aromatic N) is 1. The second-order valence-electron chi connectivity index (χ2n) is 5.86. The van der Waals surface area contributed by atoms with Crippen LogP contribution in [0.4, 0.5) is 5.69 Å². The van der Waals surface area contributed by atoms with Gasteiger partial charge in [0.1, 0.15) is 17.3 Å². The van der Waals surface area contributed by atoms with Crippen LogP contribution in [-0.2, 0) is 13.0 Å². The van der Waals surface area contributed by atoms with E-state index in [1.54, 1.807) is 0 Å². The highest BCUT2D eigenvalue weighted by atomic mass is 16.5. The third-order valence-corrected chi connectivity index (χ3v) is 4.10. The van der Waals surface area contributed by atoms with Crippen LogP contribution in [0.15, 0.2) is 47.5 Å². The summed E-state index contributed by atoms with van der Waals surface area (Å²) in [5.41, 5.74) is 21.9. The number of rotatable bonds is 4. The molecule has 0 saturated carbocycles. The maximum absolute atomic E-state index is 6.35. The summed E-state index contributed by atoms with van der Waals surface area (Å²) in [5, 5.41) is 0. The van der Waals surface area contributed by atoms with E-state index in [-0.39, 0.29) is 12.1 Å². The summed E-state index contributed by atoms with van der Waals surface area (Å²) in [4.78, 5) is 4.40. The lowest BCUT2D eigenvalue weighted by Gasteiger charge is -2.22. The minimum absolute atomic E-state index is 0.111. The Hall–Kier alpha value is -2.37. The number of benzene rings is 2. The third-order valence-electron chi connectivity index (χ3n) is 4.10. The average molecular weight is 310 g/mol. The zero-order valence-electron chi connectivity index (χ0n) is 13.2. The Balaban J connectivity index is 1.78. The molecule has 5 nitrogen and oxygen atoms in total. The van der Waals surface area contributed by atoms with Crippen LogP contribution < -0.4 is 21.9 Å². The Morgan fingerprint density at radius 2 is 1.83 bits per heavy atom. The number of amidine groups is 1. The van der Waals surface area contributed by atoms with Crippen molar-refractivity contribution in [3.63, 3.8) is 0 Å². The van der Waals surface area contributed by atoms with Gasteiger partial charge in [-0.15, -0.1) is 0 Å². The van der Waals surface area contributed by atoms with E-state index in [9.17, 15) is 0 Å². The van der Waals surface area contributed by atoms with Crippen LogP contribution in [-0.4, -0.2) is 11.9 Å². The monoisotopic (exact) mass is 310 g/mol. The molecule has 6 N–H and O–H groups in total. The number of nitrogens with two attached hydrogens (primary N) is 3. The SMILES string of the molecule is CC1Oc2ccc(C(N)Cc3ccc(CN)cc3)cc2N=C1N. The first-order valence-corrected chi connectivity index (χ1v) is 7.75. The third kappa shape index (κ3) is 3.36. The van der Waals surface area contributed by atoms with Crippen LogP contribution in [0.1, 0.15) is 29.7 Å². The van der Waals surface area contributed by atoms with Crippen molar-refractivity contribution >= 4 is 11.5 Å². The van der Waals surface area contributed by atoms with Crippen molar-refractivity contribution in [3.05, 3.63) is 59.2 Å². The quantitative estimate of drug-likeness (QED) is 0.805. The number of ether oxygens (including phenoxy) is 1. The topological polar surface area (TPSA) is 99.6 Å². The normalized spacial score (nSPS) is 17.9. The molecule has 5 heteroatoms. The molecule has 0 fully saturated rings.